The van der Waals surface area contributed by atoms with Crippen molar-refractivity contribution in [2.45, 2.75) is 239 Å². The molecule has 315 valence electrons. The zero-order valence-electron chi connectivity index (χ0n) is 35.5. The van der Waals surface area contributed by atoms with E-state index in [-0.39, 0.29) is 62.4 Å². The molecule has 0 aromatic carbocycles. The van der Waals surface area contributed by atoms with Gasteiger partial charge in [0, 0.05) is 45.3 Å². The predicted molar refractivity (Wildman–Crippen MR) is 226 cm³/mol. The van der Waals surface area contributed by atoms with Crippen molar-refractivity contribution in [3.63, 3.8) is 0 Å². The first kappa shape index (κ1) is 51.8. The standard InChI is InChI=1S/C46H86N3O5/c1-3-5-7-9-11-13-15-17-19-21-23-25-27-29-31-33-44(52)47-38-35-42(41-50)43(51)36-39-48-46(54)37-40-49-45(53)34-32-30-28-26-24-22-20-18-16-14-12-10-8-6-4-2/h42H,3-40H2,1-2H3,(H,47,52)(H,48,54)(H,49,53). The lowest BCUT2D eigenvalue weighted by molar-refractivity contribution is -0.124. The van der Waals surface area contributed by atoms with Gasteiger partial charge in [0.2, 0.25) is 24.0 Å². The average molecular weight is 761 g/mol. The Morgan fingerprint density at radius 1 is 0.370 bits per heavy atom. The van der Waals surface area contributed by atoms with Crippen molar-refractivity contribution in [1.29, 1.82) is 0 Å². The van der Waals surface area contributed by atoms with E-state index < -0.39 is 5.92 Å². The zero-order valence-corrected chi connectivity index (χ0v) is 35.5. The molecule has 0 aliphatic carbocycles. The molecule has 8 nitrogen and oxygen atoms in total. The predicted octanol–water partition coefficient (Wildman–Crippen LogP) is 11.3. The number of amides is 3. The lowest BCUT2D eigenvalue weighted by atomic mass is 9.99. The molecule has 0 heterocycles. The maximum atomic E-state index is 12.5. The van der Waals surface area contributed by atoms with Gasteiger partial charge in [-0.15, -0.1) is 0 Å². The van der Waals surface area contributed by atoms with Crippen LogP contribution < -0.4 is 16.0 Å². The van der Waals surface area contributed by atoms with E-state index in [9.17, 15) is 24.0 Å². The Bertz CT molecular complexity index is 896. The molecule has 1 unspecified atom stereocenters. The maximum Gasteiger partial charge on any atom is 0.221 e. The molecule has 0 rings (SSSR count). The Morgan fingerprint density at radius 2 is 0.648 bits per heavy atom. The van der Waals surface area contributed by atoms with Gasteiger partial charge in [0.1, 0.15) is 5.78 Å². The summed E-state index contributed by atoms with van der Waals surface area (Å²) < 4.78 is 0. The van der Waals surface area contributed by atoms with Crippen molar-refractivity contribution in [3.8, 4) is 0 Å². The van der Waals surface area contributed by atoms with Gasteiger partial charge in [-0.05, 0) is 19.3 Å². The molecule has 0 fully saturated rings. The van der Waals surface area contributed by atoms with Crippen LogP contribution >= 0.6 is 0 Å². The van der Waals surface area contributed by atoms with Crippen molar-refractivity contribution in [3.05, 3.63) is 0 Å². The van der Waals surface area contributed by atoms with Gasteiger partial charge >= 0.3 is 0 Å². The number of hydrogen-bond acceptors (Lipinski definition) is 5. The smallest absolute Gasteiger partial charge is 0.221 e. The minimum atomic E-state index is -0.910. The van der Waals surface area contributed by atoms with Crippen LogP contribution in [0.25, 0.3) is 0 Å². The lowest BCUT2D eigenvalue weighted by Gasteiger charge is -2.11. The number of rotatable bonds is 43. The fraction of sp³-hybridized carbons (Fsp3) is 0.891. The molecule has 3 amide bonds. The fourth-order valence-electron chi connectivity index (χ4n) is 7.04. The van der Waals surface area contributed by atoms with Gasteiger partial charge in [-0.3, -0.25) is 24.0 Å². The van der Waals surface area contributed by atoms with E-state index >= 15 is 0 Å². The Hall–Kier alpha value is -2.25. The number of unbranched alkanes of at least 4 members (excludes halogenated alkanes) is 28. The molecule has 0 bridgehead atoms. The summed E-state index contributed by atoms with van der Waals surface area (Å²) in [6.45, 7) is 5.18. The molecule has 1 atom stereocenters. The highest BCUT2D eigenvalue weighted by molar-refractivity contribution is 5.93. The minimum Gasteiger partial charge on any atom is -0.356 e. The highest BCUT2D eigenvalue weighted by Gasteiger charge is 2.18. The Balaban J connectivity index is 3.63. The molecular weight excluding hydrogens is 675 g/mol. The summed E-state index contributed by atoms with van der Waals surface area (Å²) in [5.41, 5.74) is 0. The van der Waals surface area contributed by atoms with Crippen LogP contribution in [0.1, 0.15) is 239 Å². The van der Waals surface area contributed by atoms with Gasteiger partial charge in [0.25, 0.3) is 0 Å². The van der Waals surface area contributed by atoms with Gasteiger partial charge in [0.05, 0.1) is 5.92 Å². The van der Waals surface area contributed by atoms with Crippen LogP contribution in [0.3, 0.4) is 0 Å². The van der Waals surface area contributed by atoms with Crippen molar-refractivity contribution in [2.24, 2.45) is 5.92 Å². The van der Waals surface area contributed by atoms with E-state index in [4.69, 9.17) is 0 Å². The summed E-state index contributed by atoms with van der Waals surface area (Å²) >= 11 is 0. The molecular formula is C46H86N3O5. The molecule has 0 aromatic rings. The molecule has 0 aliphatic rings. The Labute approximate surface area is 333 Å². The van der Waals surface area contributed by atoms with Crippen LogP contribution in [0.4, 0.5) is 0 Å². The van der Waals surface area contributed by atoms with Crippen molar-refractivity contribution in [1.82, 2.24) is 16.0 Å². The third kappa shape index (κ3) is 38.0. The van der Waals surface area contributed by atoms with Gasteiger partial charge in [-0.25, -0.2) is 0 Å². The average Bonchev–Trinajstić information content (AvgIpc) is 3.16. The summed E-state index contributed by atoms with van der Waals surface area (Å²) in [5, 5.41) is 8.32. The first-order chi connectivity index (χ1) is 26.4. The summed E-state index contributed by atoms with van der Waals surface area (Å²) in [6, 6.07) is 0. The monoisotopic (exact) mass is 761 g/mol. The summed E-state index contributed by atoms with van der Waals surface area (Å²) in [5.74, 6) is -1.52. The van der Waals surface area contributed by atoms with Crippen LogP contribution in [0.15, 0.2) is 0 Å². The van der Waals surface area contributed by atoms with Crippen LogP contribution in [-0.2, 0) is 24.0 Å². The van der Waals surface area contributed by atoms with E-state index in [1.165, 1.54) is 161 Å². The summed E-state index contributed by atoms with van der Waals surface area (Å²) in [7, 11) is 0. The van der Waals surface area contributed by atoms with Crippen molar-refractivity contribution < 1.29 is 24.0 Å². The first-order valence-corrected chi connectivity index (χ1v) is 23.1. The molecule has 54 heavy (non-hydrogen) atoms. The van der Waals surface area contributed by atoms with E-state index in [1.54, 1.807) is 6.29 Å². The number of Topliss-reactive ketones (excluding diaryl/α,β-unsaturated/α-hetero) is 1. The molecule has 1 radical (unpaired) electrons. The van der Waals surface area contributed by atoms with E-state index in [1.807, 2.05) is 0 Å². The summed E-state index contributed by atoms with van der Waals surface area (Å²) in [4.78, 5) is 60.3. The van der Waals surface area contributed by atoms with Crippen molar-refractivity contribution >= 4 is 29.8 Å². The molecule has 0 aromatic heterocycles. The zero-order chi connectivity index (χ0) is 39.6. The van der Waals surface area contributed by atoms with Crippen molar-refractivity contribution in [2.75, 3.05) is 19.6 Å². The second-order valence-corrected chi connectivity index (χ2v) is 15.9. The summed E-state index contributed by atoms with van der Waals surface area (Å²) in [6.07, 6.45) is 41.7. The largest absolute Gasteiger partial charge is 0.356 e. The minimum absolute atomic E-state index is 0.0288. The van der Waals surface area contributed by atoms with E-state index in [0.717, 1.165) is 32.1 Å². The molecule has 8 heteroatoms. The molecule has 0 aliphatic heterocycles. The van der Waals surface area contributed by atoms with E-state index in [0.29, 0.717) is 12.8 Å². The Morgan fingerprint density at radius 3 is 0.981 bits per heavy atom. The number of hydrogen-bond donors (Lipinski definition) is 3. The maximum absolute atomic E-state index is 12.5. The first-order valence-electron chi connectivity index (χ1n) is 23.1. The highest BCUT2D eigenvalue weighted by atomic mass is 16.2. The Kier molecular flexibility index (Phi) is 40.2. The molecule has 3 N–H and O–H groups in total. The molecule has 0 spiro atoms. The van der Waals surface area contributed by atoms with Crippen LogP contribution in [-0.4, -0.2) is 49.4 Å². The number of carbonyl (C=O) groups is 4. The fourth-order valence-corrected chi connectivity index (χ4v) is 7.04. The molecule has 0 saturated heterocycles. The van der Waals surface area contributed by atoms with E-state index in [2.05, 4.69) is 29.8 Å². The third-order valence-electron chi connectivity index (χ3n) is 10.7. The number of carbonyl (C=O) groups excluding carboxylic acids is 5. The normalized spacial score (nSPS) is 11.7. The second kappa shape index (κ2) is 41.9. The van der Waals surface area contributed by atoms with Gasteiger partial charge in [-0.1, -0.05) is 194 Å². The quantitative estimate of drug-likeness (QED) is 0.0422. The number of ketones is 1. The number of nitrogens with one attached hydrogen (secondary N) is 3. The SMILES string of the molecule is CCCCCCCCCCCCCCCCCC(=O)NCCC(=O)NCCC(=O)C([C]=O)CCNC(=O)CCCCCCCCCCCCCCCCC. The topological polar surface area (TPSA) is 121 Å². The second-order valence-electron chi connectivity index (χ2n) is 15.9. The lowest BCUT2D eigenvalue weighted by Crippen LogP contribution is -2.33. The van der Waals surface area contributed by atoms with Gasteiger partial charge in [0.15, 0.2) is 0 Å². The van der Waals surface area contributed by atoms with Gasteiger partial charge in [-0.2, -0.15) is 0 Å². The van der Waals surface area contributed by atoms with Gasteiger partial charge < -0.3 is 16.0 Å². The van der Waals surface area contributed by atoms with Crippen LogP contribution in [0.5, 0.6) is 0 Å². The highest BCUT2D eigenvalue weighted by Crippen LogP contribution is 2.15. The third-order valence-corrected chi connectivity index (χ3v) is 10.7. The molecule has 0 saturated carbocycles. The van der Waals surface area contributed by atoms with Crippen LogP contribution in [0, 0.1) is 5.92 Å². The van der Waals surface area contributed by atoms with Crippen LogP contribution in [0.2, 0.25) is 0 Å².